The van der Waals surface area contributed by atoms with E-state index in [1.54, 1.807) is 42.5 Å². The minimum Gasteiger partial charge on any atom is -0.465 e. The van der Waals surface area contributed by atoms with E-state index in [0.717, 1.165) is 0 Å². The summed E-state index contributed by atoms with van der Waals surface area (Å²) in [5, 5.41) is 12.9. The molecular formula is C16H13ClN2O2. The highest BCUT2D eigenvalue weighted by Crippen LogP contribution is 2.27. The van der Waals surface area contributed by atoms with Gasteiger partial charge in [-0.05, 0) is 18.2 Å². The smallest absolute Gasteiger partial charge is 0.338 e. The van der Waals surface area contributed by atoms with Crippen LogP contribution >= 0.6 is 11.6 Å². The molecule has 0 amide bonds. The first-order valence-corrected chi connectivity index (χ1v) is 6.63. The summed E-state index contributed by atoms with van der Waals surface area (Å²) in [6, 6.07) is 15.4. The van der Waals surface area contributed by atoms with Gasteiger partial charge in [0.2, 0.25) is 0 Å². The molecule has 0 radical (unpaired) electrons. The summed E-state index contributed by atoms with van der Waals surface area (Å²) in [5.41, 5.74) is 1.53. The summed E-state index contributed by atoms with van der Waals surface area (Å²) in [4.78, 5) is 11.8. The van der Waals surface area contributed by atoms with Crippen molar-refractivity contribution in [2.24, 2.45) is 0 Å². The molecule has 0 aliphatic rings. The highest BCUT2D eigenvalue weighted by Gasteiger charge is 2.19. The monoisotopic (exact) mass is 300 g/mol. The number of methoxy groups -OCH3 is 1. The van der Waals surface area contributed by atoms with Crippen molar-refractivity contribution in [1.82, 2.24) is 0 Å². The molecule has 1 atom stereocenters. The average molecular weight is 301 g/mol. The molecule has 2 aromatic carbocycles. The molecule has 0 aromatic heterocycles. The minimum absolute atomic E-state index is 0.353. The molecule has 1 N–H and O–H groups in total. The normalized spacial score (nSPS) is 11.3. The summed E-state index contributed by atoms with van der Waals surface area (Å²) in [7, 11) is 1.31. The number of carbonyl (C=O) groups excluding carboxylic acids is 1. The van der Waals surface area contributed by atoms with Crippen molar-refractivity contribution in [3.05, 3.63) is 64.7 Å². The van der Waals surface area contributed by atoms with Crippen LogP contribution in [-0.4, -0.2) is 13.1 Å². The predicted octanol–water partition coefficient (Wildman–Crippen LogP) is 3.80. The topological polar surface area (TPSA) is 62.1 Å². The van der Waals surface area contributed by atoms with Gasteiger partial charge in [-0.3, -0.25) is 0 Å². The van der Waals surface area contributed by atoms with Crippen LogP contribution in [0.3, 0.4) is 0 Å². The summed E-state index contributed by atoms with van der Waals surface area (Å²) < 4.78 is 4.74. The van der Waals surface area contributed by atoms with Crippen molar-refractivity contribution >= 4 is 23.3 Å². The van der Waals surface area contributed by atoms with Crippen molar-refractivity contribution in [2.75, 3.05) is 12.4 Å². The SMILES string of the molecule is COC(=O)c1ccccc1C(C#N)Nc1ccccc1Cl. The number of hydrogen-bond donors (Lipinski definition) is 1. The number of anilines is 1. The minimum atomic E-state index is -0.708. The zero-order chi connectivity index (χ0) is 15.2. The number of nitrogens with zero attached hydrogens (tertiary/aromatic N) is 1. The number of esters is 1. The Hall–Kier alpha value is -2.51. The molecule has 0 saturated carbocycles. The second-order valence-corrected chi connectivity index (χ2v) is 4.67. The summed E-state index contributed by atoms with van der Waals surface area (Å²) >= 11 is 6.08. The third-order valence-corrected chi connectivity index (χ3v) is 3.31. The highest BCUT2D eigenvalue weighted by molar-refractivity contribution is 6.33. The molecule has 21 heavy (non-hydrogen) atoms. The molecule has 5 heteroatoms. The molecule has 0 saturated heterocycles. The Morgan fingerprint density at radius 3 is 2.57 bits per heavy atom. The van der Waals surface area contributed by atoms with Gasteiger partial charge in [-0.15, -0.1) is 0 Å². The fraction of sp³-hybridized carbons (Fsp3) is 0.125. The first-order valence-electron chi connectivity index (χ1n) is 6.25. The lowest BCUT2D eigenvalue weighted by molar-refractivity contribution is 0.0599. The number of halogens is 1. The second-order valence-electron chi connectivity index (χ2n) is 4.27. The Labute approximate surface area is 127 Å². The zero-order valence-electron chi connectivity index (χ0n) is 11.3. The molecule has 2 rings (SSSR count). The van der Waals surface area contributed by atoms with Gasteiger partial charge in [-0.25, -0.2) is 4.79 Å². The van der Waals surface area contributed by atoms with Gasteiger partial charge in [-0.2, -0.15) is 5.26 Å². The number of benzene rings is 2. The maximum atomic E-state index is 11.8. The summed E-state index contributed by atoms with van der Waals surface area (Å²) in [6.07, 6.45) is 0. The van der Waals surface area contributed by atoms with E-state index in [1.807, 2.05) is 6.07 Å². The largest absolute Gasteiger partial charge is 0.465 e. The quantitative estimate of drug-likeness (QED) is 0.872. The Morgan fingerprint density at radius 2 is 1.90 bits per heavy atom. The van der Waals surface area contributed by atoms with Crippen molar-refractivity contribution < 1.29 is 9.53 Å². The second kappa shape index (κ2) is 6.78. The predicted molar refractivity (Wildman–Crippen MR) is 81.2 cm³/mol. The van der Waals surface area contributed by atoms with E-state index in [4.69, 9.17) is 16.3 Å². The van der Waals surface area contributed by atoms with E-state index >= 15 is 0 Å². The first kappa shape index (κ1) is 14.9. The summed E-state index contributed by atoms with van der Waals surface area (Å²) in [6.45, 7) is 0. The van der Waals surface area contributed by atoms with Crippen LogP contribution in [0.25, 0.3) is 0 Å². The van der Waals surface area contributed by atoms with E-state index in [9.17, 15) is 10.1 Å². The Bertz CT molecular complexity index is 695. The molecule has 0 spiro atoms. The molecule has 0 heterocycles. The Morgan fingerprint density at radius 1 is 1.24 bits per heavy atom. The zero-order valence-corrected chi connectivity index (χ0v) is 12.1. The number of ether oxygens (including phenoxy) is 1. The van der Waals surface area contributed by atoms with Gasteiger partial charge in [0, 0.05) is 5.56 Å². The van der Waals surface area contributed by atoms with Crippen LogP contribution in [0.5, 0.6) is 0 Å². The molecule has 4 nitrogen and oxygen atoms in total. The van der Waals surface area contributed by atoms with Crippen molar-refractivity contribution in [3.63, 3.8) is 0 Å². The van der Waals surface area contributed by atoms with Gasteiger partial charge in [0.15, 0.2) is 0 Å². The van der Waals surface area contributed by atoms with Gasteiger partial charge in [-0.1, -0.05) is 41.9 Å². The number of nitrogens with one attached hydrogen (secondary N) is 1. The molecule has 0 bridgehead atoms. The third-order valence-electron chi connectivity index (χ3n) is 2.98. The van der Waals surface area contributed by atoms with Crippen LogP contribution in [0, 0.1) is 11.3 Å². The van der Waals surface area contributed by atoms with Crippen molar-refractivity contribution in [3.8, 4) is 6.07 Å². The van der Waals surface area contributed by atoms with Gasteiger partial charge in [0.25, 0.3) is 0 Å². The first-order chi connectivity index (χ1) is 10.2. The highest BCUT2D eigenvalue weighted by atomic mass is 35.5. The van der Waals surface area contributed by atoms with Gasteiger partial charge >= 0.3 is 5.97 Å². The summed E-state index contributed by atoms with van der Waals surface area (Å²) in [5.74, 6) is -0.480. The van der Waals surface area contributed by atoms with Gasteiger partial charge in [0.05, 0.1) is 29.5 Å². The van der Waals surface area contributed by atoms with Gasteiger partial charge < -0.3 is 10.1 Å². The van der Waals surface area contributed by atoms with Crippen LogP contribution < -0.4 is 5.32 Å². The van der Waals surface area contributed by atoms with E-state index in [1.165, 1.54) is 7.11 Å². The van der Waals surface area contributed by atoms with E-state index < -0.39 is 12.0 Å². The number of nitriles is 1. The van der Waals surface area contributed by atoms with Crippen LogP contribution in [0.4, 0.5) is 5.69 Å². The average Bonchev–Trinajstić information content (AvgIpc) is 2.53. The molecule has 106 valence electrons. The van der Waals surface area contributed by atoms with Crippen LogP contribution in [-0.2, 0) is 4.74 Å². The molecule has 0 aliphatic carbocycles. The van der Waals surface area contributed by atoms with E-state index in [2.05, 4.69) is 11.4 Å². The fourth-order valence-corrected chi connectivity index (χ4v) is 2.15. The molecule has 1 unspecified atom stereocenters. The van der Waals surface area contributed by atoms with E-state index in [-0.39, 0.29) is 0 Å². The number of hydrogen-bond acceptors (Lipinski definition) is 4. The van der Waals surface area contributed by atoms with Crippen molar-refractivity contribution in [1.29, 1.82) is 5.26 Å². The lowest BCUT2D eigenvalue weighted by Crippen LogP contribution is -2.14. The fourth-order valence-electron chi connectivity index (χ4n) is 1.96. The standard InChI is InChI=1S/C16H13ClN2O2/c1-21-16(20)12-7-3-2-6-11(12)15(10-18)19-14-9-5-4-8-13(14)17/h2-9,15,19H,1H3. The lowest BCUT2D eigenvalue weighted by atomic mass is 10.0. The Kier molecular flexibility index (Phi) is 4.81. The van der Waals surface area contributed by atoms with Crippen molar-refractivity contribution in [2.45, 2.75) is 6.04 Å². The molecule has 0 aliphatic heterocycles. The van der Waals surface area contributed by atoms with Crippen LogP contribution in [0.15, 0.2) is 48.5 Å². The molecule has 2 aromatic rings. The number of carbonyl (C=O) groups is 1. The van der Waals surface area contributed by atoms with Gasteiger partial charge in [0.1, 0.15) is 6.04 Å². The number of rotatable bonds is 4. The molecule has 0 fully saturated rings. The maximum Gasteiger partial charge on any atom is 0.338 e. The lowest BCUT2D eigenvalue weighted by Gasteiger charge is -2.16. The third kappa shape index (κ3) is 3.33. The van der Waals surface area contributed by atoms with Crippen LogP contribution in [0.2, 0.25) is 5.02 Å². The maximum absolute atomic E-state index is 11.8. The number of para-hydroxylation sites is 1. The van der Waals surface area contributed by atoms with Crippen LogP contribution in [0.1, 0.15) is 22.0 Å². The van der Waals surface area contributed by atoms with E-state index in [0.29, 0.717) is 21.8 Å². The Balaban J connectivity index is 2.37. The molecular weight excluding hydrogens is 288 g/mol.